The van der Waals surface area contributed by atoms with Crippen LogP contribution in [0.4, 0.5) is 11.6 Å². The molecule has 6 nitrogen and oxygen atoms in total. The third-order valence-electron chi connectivity index (χ3n) is 7.01. The first-order chi connectivity index (χ1) is 15.9. The summed E-state index contributed by atoms with van der Waals surface area (Å²) in [4.78, 5) is 17.1. The second kappa shape index (κ2) is 10.0. The molecule has 3 N–H and O–H groups in total. The van der Waals surface area contributed by atoms with Gasteiger partial charge in [0, 0.05) is 26.2 Å². The molecule has 0 aliphatic carbocycles. The minimum absolute atomic E-state index is 0.197. The Morgan fingerprint density at radius 2 is 1.42 bits per heavy atom. The molecular weight excluding hydrogens is 426 g/mol. The lowest BCUT2D eigenvalue weighted by molar-refractivity contribution is 0.247. The van der Waals surface area contributed by atoms with Crippen LogP contribution in [0, 0.1) is 0 Å². The van der Waals surface area contributed by atoms with Crippen molar-refractivity contribution in [2.24, 2.45) is 0 Å². The summed E-state index contributed by atoms with van der Waals surface area (Å²) in [5.41, 5.74) is 5.66. The highest BCUT2D eigenvalue weighted by Gasteiger charge is 2.49. The molecule has 0 bridgehead atoms. The van der Waals surface area contributed by atoms with Crippen LogP contribution in [0.2, 0.25) is 5.04 Å². The van der Waals surface area contributed by atoms with Crippen LogP contribution in [0.5, 0.6) is 0 Å². The number of benzene rings is 2. The lowest BCUT2D eigenvalue weighted by atomic mass is 10.1. The van der Waals surface area contributed by atoms with Gasteiger partial charge < -0.3 is 15.4 Å². The molecule has 0 radical (unpaired) electrons. The van der Waals surface area contributed by atoms with E-state index in [1.807, 2.05) is 42.5 Å². The fraction of sp³-hybridized carbons (Fsp3) is 0.385. The monoisotopic (exact) mass is 461 g/mol. The van der Waals surface area contributed by atoms with E-state index < -0.39 is 8.32 Å². The highest BCUT2D eigenvalue weighted by atomic mass is 28.4. The van der Waals surface area contributed by atoms with Gasteiger partial charge in [0.25, 0.3) is 8.32 Å². The van der Waals surface area contributed by atoms with Crippen LogP contribution in [0.3, 0.4) is 0 Å². The van der Waals surface area contributed by atoms with Gasteiger partial charge in [0.05, 0.1) is 0 Å². The maximum atomic E-state index is 12.3. The van der Waals surface area contributed by atoms with Gasteiger partial charge >= 0.3 is 0 Å². The van der Waals surface area contributed by atoms with E-state index in [0.29, 0.717) is 5.82 Å². The Hall–Kier alpha value is -2.74. The summed E-state index contributed by atoms with van der Waals surface area (Å²) < 4.78 is 0. The Morgan fingerprint density at radius 3 is 1.94 bits per heavy atom. The van der Waals surface area contributed by atoms with Gasteiger partial charge in [0.15, 0.2) is 5.82 Å². The molecular formula is C26H35N5OSi. The van der Waals surface area contributed by atoms with Crippen molar-refractivity contribution in [1.29, 1.82) is 0 Å². The number of nitrogen functional groups attached to an aromatic ring is 1. The van der Waals surface area contributed by atoms with E-state index in [2.05, 4.69) is 58.1 Å². The minimum Gasteiger partial charge on any atom is -0.424 e. The quantitative estimate of drug-likeness (QED) is 0.502. The molecule has 2 heterocycles. The average molecular weight is 462 g/mol. The van der Waals surface area contributed by atoms with Crippen molar-refractivity contribution in [3.8, 4) is 0 Å². The predicted molar refractivity (Wildman–Crippen MR) is 138 cm³/mol. The Morgan fingerprint density at radius 1 is 0.848 bits per heavy atom. The van der Waals surface area contributed by atoms with Crippen molar-refractivity contribution in [2.75, 3.05) is 43.4 Å². The van der Waals surface area contributed by atoms with Gasteiger partial charge in [-0.3, -0.25) is 4.90 Å². The van der Waals surface area contributed by atoms with Gasteiger partial charge in [-0.1, -0.05) is 74.5 Å². The van der Waals surface area contributed by atoms with Crippen LogP contribution in [-0.2, 0) is 0 Å². The summed E-state index contributed by atoms with van der Waals surface area (Å²) in [7, 11) is -2.93. The minimum atomic E-state index is -2.93. The number of piperazine rings is 1. The molecule has 0 atom stereocenters. The number of hydrogen-bond acceptors (Lipinski definition) is 6. The number of nitrogens with two attached hydrogens (primary N) is 1. The van der Waals surface area contributed by atoms with Gasteiger partial charge in [-0.2, -0.15) is 0 Å². The van der Waals surface area contributed by atoms with Crippen LogP contribution in [0.25, 0.3) is 0 Å². The Bertz CT molecular complexity index is 966. The fourth-order valence-corrected chi connectivity index (χ4v) is 8.72. The molecule has 2 aromatic carbocycles. The summed E-state index contributed by atoms with van der Waals surface area (Å²) in [6.07, 6.45) is 2.03. The van der Waals surface area contributed by atoms with E-state index in [1.54, 1.807) is 6.07 Å². The zero-order chi connectivity index (χ0) is 23.3. The van der Waals surface area contributed by atoms with E-state index in [1.165, 1.54) is 0 Å². The van der Waals surface area contributed by atoms with Crippen molar-refractivity contribution in [3.63, 3.8) is 0 Å². The third kappa shape index (κ3) is 5.10. The summed E-state index contributed by atoms with van der Waals surface area (Å²) >= 11 is 0. The zero-order valence-corrected chi connectivity index (χ0v) is 20.7. The first-order valence-corrected chi connectivity index (χ1v) is 13.7. The van der Waals surface area contributed by atoms with Crippen molar-refractivity contribution in [2.45, 2.75) is 31.7 Å². The molecule has 1 aromatic heterocycles. The topological polar surface area (TPSA) is 78.5 Å². The zero-order valence-electron chi connectivity index (χ0n) is 19.7. The molecule has 7 heteroatoms. The van der Waals surface area contributed by atoms with Crippen LogP contribution >= 0.6 is 0 Å². The van der Waals surface area contributed by atoms with Crippen molar-refractivity contribution in [3.05, 3.63) is 72.8 Å². The number of aromatic nitrogens is 2. The van der Waals surface area contributed by atoms with E-state index >= 15 is 0 Å². The van der Waals surface area contributed by atoms with Gasteiger partial charge in [-0.25, -0.2) is 0 Å². The maximum Gasteiger partial charge on any atom is 0.258 e. The SMILES string of the molecule is CC(C)(CCCN1CCN(c2ccc(N)nn2)CC1)[Si](O)(c1ccccc1)c1ccccc1. The molecule has 1 saturated heterocycles. The average Bonchev–Trinajstić information content (AvgIpc) is 2.85. The van der Waals surface area contributed by atoms with Gasteiger partial charge in [0.2, 0.25) is 0 Å². The predicted octanol–water partition coefficient (Wildman–Crippen LogP) is 2.49. The molecule has 0 amide bonds. The Balaban J connectivity index is 1.38. The normalized spacial score (nSPS) is 15.5. The van der Waals surface area contributed by atoms with Crippen molar-refractivity contribution >= 4 is 30.3 Å². The highest BCUT2D eigenvalue weighted by molar-refractivity contribution is 6.98. The first kappa shape index (κ1) is 23.4. The summed E-state index contributed by atoms with van der Waals surface area (Å²) in [6.45, 7) is 9.42. The van der Waals surface area contributed by atoms with Gasteiger partial charge in [-0.15, -0.1) is 10.2 Å². The van der Waals surface area contributed by atoms with E-state index in [9.17, 15) is 4.80 Å². The fourth-order valence-electron chi connectivity index (χ4n) is 4.94. The molecule has 0 saturated carbocycles. The van der Waals surface area contributed by atoms with Crippen molar-refractivity contribution < 1.29 is 4.80 Å². The molecule has 0 unspecified atom stereocenters. The molecule has 1 aliphatic rings. The molecule has 33 heavy (non-hydrogen) atoms. The van der Waals surface area contributed by atoms with Crippen molar-refractivity contribution in [1.82, 2.24) is 15.1 Å². The second-order valence-corrected chi connectivity index (χ2v) is 13.5. The van der Waals surface area contributed by atoms with Crippen LogP contribution in [0.1, 0.15) is 26.7 Å². The smallest absolute Gasteiger partial charge is 0.258 e. The number of rotatable bonds is 8. The molecule has 3 aromatic rings. The summed E-state index contributed by atoms with van der Waals surface area (Å²) in [5.74, 6) is 1.35. The summed E-state index contributed by atoms with van der Waals surface area (Å²) in [6, 6.07) is 24.3. The van der Waals surface area contributed by atoms with E-state index in [4.69, 9.17) is 5.73 Å². The lowest BCUT2D eigenvalue weighted by Gasteiger charge is -2.42. The largest absolute Gasteiger partial charge is 0.424 e. The van der Waals surface area contributed by atoms with Crippen LogP contribution < -0.4 is 21.0 Å². The van der Waals surface area contributed by atoms with Crippen LogP contribution in [0.15, 0.2) is 72.8 Å². The summed E-state index contributed by atoms with van der Waals surface area (Å²) in [5, 5.41) is 10.2. The Kier molecular flexibility index (Phi) is 7.12. The van der Waals surface area contributed by atoms with E-state index in [-0.39, 0.29) is 5.04 Å². The maximum absolute atomic E-state index is 12.3. The molecule has 4 rings (SSSR count). The number of hydrogen-bond donors (Lipinski definition) is 2. The number of anilines is 2. The first-order valence-electron chi connectivity index (χ1n) is 11.8. The Labute approximate surface area is 198 Å². The van der Waals surface area contributed by atoms with Crippen LogP contribution in [-0.4, -0.2) is 60.9 Å². The molecule has 1 aliphatic heterocycles. The molecule has 174 valence electrons. The third-order valence-corrected chi connectivity index (χ3v) is 11.6. The van der Waals surface area contributed by atoms with Gasteiger partial charge in [-0.05, 0) is 46.9 Å². The highest BCUT2D eigenvalue weighted by Crippen LogP contribution is 2.39. The standard InChI is InChI=1S/C26H35N5OSi/c1-26(2,33(32,22-10-5-3-6-11-22)23-12-7-4-8-13-23)16-9-17-30-18-20-31(21-19-30)25-15-14-24(27)28-29-25/h3-8,10-15,32H,9,16-21H2,1-2H3,(H2,27,28). The van der Waals surface area contributed by atoms with E-state index in [0.717, 1.165) is 61.8 Å². The molecule has 0 spiro atoms. The van der Waals surface area contributed by atoms with Gasteiger partial charge in [0.1, 0.15) is 5.82 Å². The molecule has 1 fully saturated rings. The number of nitrogens with zero attached hydrogens (tertiary/aromatic N) is 4. The second-order valence-electron chi connectivity index (χ2n) is 9.57. The lowest BCUT2D eigenvalue weighted by Crippen LogP contribution is -2.65.